The van der Waals surface area contributed by atoms with Gasteiger partial charge < -0.3 is 15.2 Å². The van der Waals surface area contributed by atoms with Crippen LogP contribution in [0.15, 0.2) is 18.2 Å². The van der Waals surface area contributed by atoms with Gasteiger partial charge in [-0.15, -0.1) is 0 Å². The van der Waals surface area contributed by atoms with Crippen LogP contribution in [0, 0.1) is 0 Å². The van der Waals surface area contributed by atoms with Crippen LogP contribution in [0.3, 0.4) is 0 Å². The van der Waals surface area contributed by atoms with Crippen molar-refractivity contribution >= 4 is 17.5 Å². The van der Waals surface area contributed by atoms with Crippen molar-refractivity contribution in [3.05, 3.63) is 28.8 Å². The Kier molecular flexibility index (Phi) is 3.86. The predicted octanol–water partition coefficient (Wildman–Crippen LogP) is 1.49. The standard InChI is InChI=1S/C12H14ClNO3/c13-10-5-8(6-15)1-4-11(10)17-7-12(16)14-9-2-3-9/h1,4-5,9,15H,2-3,6-7H2,(H,14,16). The zero-order valence-corrected chi connectivity index (χ0v) is 10.0. The monoisotopic (exact) mass is 255 g/mol. The molecule has 1 saturated carbocycles. The number of halogens is 1. The van der Waals surface area contributed by atoms with Crippen molar-refractivity contribution in [3.8, 4) is 5.75 Å². The zero-order valence-electron chi connectivity index (χ0n) is 9.28. The summed E-state index contributed by atoms with van der Waals surface area (Å²) in [5.74, 6) is 0.324. The van der Waals surface area contributed by atoms with Crippen LogP contribution in [0.4, 0.5) is 0 Å². The van der Waals surface area contributed by atoms with E-state index in [1.165, 1.54) is 0 Å². The van der Waals surface area contributed by atoms with Crippen LogP contribution in [0.2, 0.25) is 5.02 Å². The van der Waals surface area contributed by atoms with Gasteiger partial charge in [0.05, 0.1) is 11.6 Å². The van der Waals surface area contributed by atoms with E-state index in [2.05, 4.69) is 5.32 Å². The molecule has 1 aromatic carbocycles. The van der Waals surface area contributed by atoms with Gasteiger partial charge in [0, 0.05) is 6.04 Å². The summed E-state index contributed by atoms with van der Waals surface area (Å²) in [6.07, 6.45) is 2.11. The molecule has 1 amide bonds. The molecule has 0 unspecified atom stereocenters. The van der Waals surface area contributed by atoms with Crippen LogP contribution in [0.5, 0.6) is 5.75 Å². The van der Waals surface area contributed by atoms with Crippen molar-refractivity contribution in [2.24, 2.45) is 0 Å². The Bertz CT molecular complexity index is 418. The fourth-order valence-electron chi connectivity index (χ4n) is 1.40. The maximum atomic E-state index is 11.4. The molecule has 0 saturated heterocycles. The lowest BCUT2D eigenvalue weighted by Crippen LogP contribution is -2.30. The highest BCUT2D eigenvalue weighted by molar-refractivity contribution is 6.32. The van der Waals surface area contributed by atoms with E-state index in [1.807, 2.05) is 0 Å². The minimum atomic E-state index is -0.130. The predicted molar refractivity (Wildman–Crippen MR) is 64.0 cm³/mol. The van der Waals surface area contributed by atoms with Gasteiger partial charge in [-0.1, -0.05) is 17.7 Å². The first-order valence-corrected chi connectivity index (χ1v) is 5.88. The molecule has 0 aromatic heterocycles. The molecular weight excluding hydrogens is 242 g/mol. The minimum absolute atomic E-state index is 0.0330. The Morgan fingerprint density at radius 1 is 1.53 bits per heavy atom. The number of amides is 1. The summed E-state index contributed by atoms with van der Waals surface area (Å²) in [5, 5.41) is 12.1. The van der Waals surface area contributed by atoms with Crippen LogP contribution < -0.4 is 10.1 Å². The van der Waals surface area contributed by atoms with Crippen molar-refractivity contribution in [3.63, 3.8) is 0 Å². The summed E-state index contributed by atoms with van der Waals surface area (Å²) in [5.41, 5.74) is 0.713. The van der Waals surface area contributed by atoms with Gasteiger partial charge in [0.1, 0.15) is 5.75 Å². The molecule has 0 heterocycles. The second-order valence-electron chi connectivity index (χ2n) is 4.05. The number of aliphatic hydroxyl groups excluding tert-OH is 1. The molecule has 1 aliphatic carbocycles. The van der Waals surface area contributed by atoms with E-state index < -0.39 is 0 Å². The van der Waals surface area contributed by atoms with E-state index in [0.717, 1.165) is 12.8 Å². The summed E-state index contributed by atoms with van der Waals surface area (Å²) >= 11 is 5.94. The van der Waals surface area contributed by atoms with Gasteiger partial charge in [0.2, 0.25) is 0 Å². The van der Waals surface area contributed by atoms with Crippen molar-refractivity contribution in [1.29, 1.82) is 0 Å². The molecular formula is C12H14ClNO3. The zero-order chi connectivity index (χ0) is 12.3. The topological polar surface area (TPSA) is 58.6 Å². The summed E-state index contributed by atoms with van der Waals surface area (Å²) in [6.45, 7) is -0.100. The smallest absolute Gasteiger partial charge is 0.258 e. The second kappa shape index (κ2) is 5.38. The van der Waals surface area contributed by atoms with Gasteiger partial charge in [-0.05, 0) is 30.5 Å². The molecule has 0 spiro atoms. The molecule has 4 nitrogen and oxygen atoms in total. The van der Waals surface area contributed by atoms with Gasteiger partial charge in [-0.2, -0.15) is 0 Å². The van der Waals surface area contributed by atoms with Crippen LogP contribution in [-0.4, -0.2) is 23.7 Å². The van der Waals surface area contributed by atoms with E-state index >= 15 is 0 Å². The average molecular weight is 256 g/mol. The van der Waals surface area contributed by atoms with Gasteiger partial charge in [0.25, 0.3) is 5.91 Å². The third-order valence-corrected chi connectivity index (χ3v) is 2.78. The number of hydrogen-bond acceptors (Lipinski definition) is 3. The van der Waals surface area contributed by atoms with Gasteiger partial charge in [-0.3, -0.25) is 4.79 Å². The summed E-state index contributed by atoms with van der Waals surface area (Å²) < 4.78 is 5.30. The van der Waals surface area contributed by atoms with Crippen molar-refractivity contribution in [1.82, 2.24) is 5.32 Å². The lowest BCUT2D eigenvalue weighted by Gasteiger charge is -2.09. The van der Waals surface area contributed by atoms with Gasteiger partial charge in [-0.25, -0.2) is 0 Å². The van der Waals surface area contributed by atoms with Crippen molar-refractivity contribution in [2.75, 3.05) is 6.61 Å². The van der Waals surface area contributed by atoms with Crippen molar-refractivity contribution < 1.29 is 14.6 Å². The number of nitrogens with one attached hydrogen (secondary N) is 1. The normalized spacial score (nSPS) is 14.5. The maximum absolute atomic E-state index is 11.4. The lowest BCUT2D eigenvalue weighted by atomic mass is 10.2. The second-order valence-corrected chi connectivity index (χ2v) is 4.46. The van der Waals surface area contributed by atoms with Crippen molar-refractivity contribution in [2.45, 2.75) is 25.5 Å². The molecule has 1 aliphatic rings. The molecule has 17 heavy (non-hydrogen) atoms. The molecule has 0 bridgehead atoms. The number of rotatable bonds is 5. The highest BCUT2D eigenvalue weighted by Crippen LogP contribution is 2.25. The number of hydrogen-bond donors (Lipinski definition) is 2. The Hall–Kier alpha value is -1.26. The maximum Gasteiger partial charge on any atom is 0.258 e. The SMILES string of the molecule is O=C(COc1ccc(CO)cc1Cl)NC1CC1. The third kappa shape index (κ3) is 3.61. The molecule has 1 fully saturated rings. The van der Waals surface area contributed by atoms with E-state index in [-0.39, 0.29) is 19.1 Å². The van der Waals surface area contributed by atoms with Gasteiger partial charge in [0.15, 0.2) is 6.61 Å². The third-order valence-electron chi connectivity index (χ3n) is 2.48. The Balaban J connectivity index is 1.87. The number of benzene rings is 1. The minimum Gasteiger partial charge on any atom is -0.482 e. The van der Waals surface area contributed by atoms with Gasteiger partial charge >= 0.3 is 0 Å². The first kappa shape index (κ1) is 12.2. The molecule has 0 radical (unpaired) electrons. The number of aliphatic hydroxyl groups is 1. The first-order valence-electron chi connectivity index (χ1n) is 5.50. The largest absolute Gasteiger partial charge is 0.482 e. The number of carbonyl (C=O) groups is 1. The van der Waals surface area contributed by atoms with E-state index in [1.54, 1.807) is 18.2 Å². The summed E-state index contributed by atoms with van der Waals surface area (Å²) in [4.78, 5) is 11.4. The quantitative estimate of drug-likeness (QED) is 0.838. The average Bonchev–Trinajstić information content (AvgIpc) is 3.11. The molecule has 1 aromatic rings. The van der Waals surface area contributed by atoms with Crippen LogP contribution in [0.25, 0.3) is 0 Å². The van der Waals surface area contributed by atoms with Crippen LogP contribution in [-0.2, 0) is 11.4 Å². The number of ether oxygens (including phenoxy) is 1. The first-order chi connectivity index (χ1) is 8.19. The summed E-state index contributed by atoms with van der Waals surface area (Å²) in [6, 6.07) is 5.31. The van der Waals surface area contributed by atoms with Crippen LogP contribution >= 0.6 is 11.6 Å². The molecule has 2 rings (SSSR count). The van der Waals surface area contributed by atoms with Crippen LogP contribution in [0.1, 0.15) is 18.4 Å². The highest BCUT2D eigenvalue weighted by atomic mass is 35.5. The highest BCUT2D eigenvalue weighted by Gasteiger charge is 2.23. The Labute approximate surface area is 105 Å². The molecule has 0 atom stereocenters. The molecule has 0 aliphatic heterocycles. The Morgan fingerprint density at radius 2 is 2.29 bits per heavy atom. The Morgan fingerprint density at radius 3 is 2.88 bits per heavy atom. The lowest BCUT2D eigenvalue weighted by molar-refractivity contribution is -0.123. The fourth-order valence-corrected chi connectivity index (χ4v) is 1.66. The number of carbonyl (C=O) groups excluding carboxylic acids is 1. The molecule has 2 N–H and O–H groups in total. The molecule has 92 valence electrons. The van der Waals surface area contributed by atoms with E-state index in [0.29, 0.717) is 22.4 Å². The summed E-state index contributed by atoms with van der Waals surface area (Å²) in [7, 11) is 0. The molecule has 5 heteroatoms. The van der Waals surface area contributed by atoms with E-state index in [4.69, 9.17) is 21.4 Å². The van der Waals surface area contributed by atoms with E-state index in [9.17, 15) is 4.79 Å². The fraction of sp³-hybridized carbons (Fsp3) is 0.417.